The Hall–Kier alpha value is -0.850. The quantitative estimate of drug-likeness (QED) is 0.206. The van der Waals surface area contributed by atoms with E-state index in [0.29, 0.717) is 43.7 Å². The molecule has 2 aliphatic rings. The van der Waals surface area contributed by atoms with Crippen LogP contribution in [0.3, 0.4) is 0 Å². The maximum Gasteiger partial charge on any atom is 1.00 e. The van der Waals surface area contributed by atoms with Gasteiger partial charge in [-0.1, -0.05) is 26.0 Å². The van der Waals surface area contributed by atoms with Gasteiger partial charge >= 0.3 is 35.5 Å². The van der Waals surface area contributed by atoms with E-state index in [1.54, 1.807) is 27.0 Å². The minimum Gasteiger partial charge on any atom is -0.756 e. The third kappa shape index (κ3) is 11.9. The summed E-state index contributed by atoms with van der Waals surface area (Å²) in [5.74, 6) is -1.27. The van der Waals surface area contributed by atoms with Crippen molar-refractivity contribution in [3.8, 4) is 0 Å². The summed E-state index contributed by atoms with van der Waals surface area (Å²) in [5, 5.41) is 10.9. The zero-order chi connectivity index (χ0) is 30.3. The molecule has 232 valence electrons. The van der Waals surface area contributed by atoms with Crippen LogP contribution >= 0.6 is 7.82 Å². The molecule has 9 atom stereocenters. The van der Waals surface area contributed by atoms with Gasteiger partial charge in [0.1, 0.15) is 18.1 Å². The molecule has 0 saturated carbocycles. The van der Waals surface area contributed by atoms with Gasteiger partial charge < -0.3 is 38.0 Å². The Bertz CT molecular complexity index is 1100. The van der Waals surface area contributed by atoms with Gasteiger partial charge in [0.25, 0.3) is 7.82 Å². The monoisotopic (exact) mass is 621 g/mol. The van der Waals surface area contributed by atoms with Crippen molar-refractivity contribution in [3.63, 3.8) is 0 Å². The average molecular weight is 622 g/mol. The number of rotatable bonds is 6. The van der Waals surface area contributed by atoms with E-state index in [-0.39, 0.29) is 67.1 Å². The predicted molar refractivity (Wildman–Crippen MR) is 149 cm³/mol. The Morgan fingerprint density at radius 3 is 2.60 bits per heavy atom. The third-order valence-corrected chi connectivity index (χ3v) is 8.50. The number of hydrogen-bond acceptors (Lipinski definition) is 10. The Morgan fingerprint density at radius 2 is 1.93 bits per heavy atom. The second kappa shape index (κ2) is 17.0. The molecule has 1 aromatic heterocycles. The number of nitrogens with zero attached hydrogens (tertiary/aromatic N) is 1. The number of ether oxygens (including phenoxy) is 3. The molecule has 11 nitrogen and oxygen atoms in total. The smallest absolute Gasteiger partial charge is 0.756 e. The number of fused-ring (bicyclic) bond motifs is 2. The van der Waals surface area contributed by atoms with Gasteiger partial charge in [0.15, 0.2) is 0 Å². The summed E-state index contributed by atoms with van der Waals surface area (Å²) >= 11 is 0. The number of aliphatic hydroxyl groups excluding tert-OH is 1. The minimum atomic E-state index is -5.04. The second-order valence-electron chi connectivity index (χ2n) is 11.6. The Kier molecular flexibility index (Phi) is 15.1. The maximum atomic E-state index is 13.2. The molecular formula is C29H45NNaO10P. The van der Waals surface area contributed by atoms with Crippen molar-refractivity contribution < 1.29 is 77.0 Å². The molecule has 2 aliphatic heterocycles. The largest absolute Gasteiger partial charge is 1.00 e. The van der Waals surface area contributed by atoms with Crippen LogP contribution in [-0.4, -0.2) is 58.6 Å². The Balaban J connectivity index is 0.00000616. The van der Waals surface area contributed by atoms with Gasteiger partial charge in [0, 0.05) is 26.0 Å². The fourth-order valence-corrected chi connectivity index (χ4v) is 6.10. The number of cyclic esters (lactones) is 1. The van der Waals surface area contributed by atoms with Crippen molar-refractivity contribution in [3.05, 3.63) is 35.6 Å². The second-order valence-corrected chi connectivity index (χ2v) is 12.8. The van der Waals surface area contributed by atoms with E-state index in [1.165, 1.54) is 6.26 Å². The van der Waals surface area contributed by atoms with Gasteiger partial charge in [0.05, 0.1) is 36.4 Å². The molecule has 0 amide bonds. The number of methoxy groups -OCH3 is 1. The van der Waals surface area contributed by atoms with E-state index in [1.807, 2.05) is 13.8 Å². The van der Waals surface area contributed by atoms with Gasteiger partial charge in [-0.2, -0.15) is 0 Å². The number of hydrogen-bond donors (Lipinski definition) is 2. The van der Waals surface area contributed by atoms with Crippen molar-refractivity contribution in [1.82, 2.24) is 4.98 Å². The molecule has 42 heavy (non-hydrogen) atoms. The van der Waals surface area contributed by atoms with Crippen LogP contribution in [-0.2, 0) is 28.1 Å². The topological polar surface area (TPSA) is 161 Å². The van der Waals surface area contributed by atoms with Crippen LogP contribution in [0, 0.1) is 11.8 Å². The number of phosphoric ester groups is 1. The number of aliphatic hydroxyl groups is 1. The first kappa shape index (κ1) is 37.3. The van der Waals surface area contributed by atoms with Crippen molar-refractivity contribution in [1.29, 1.82) is 0 Å². The molecule has 3 heterocycles. The summed E-state index contributed by atoms with van der Waals surface area (Å²) in [6.45, 7) is 11.4. The van der Waals surface area contributed by atoms with Crippen LogP contribution in [0.25, 0.3) is 6.08 Å². The fourth-order valence-electron chi connectivity index (χ4n) is 5.46. The zero-order valence-corrected chi connectivity index (χ0v) is 28.6. The molecule has 0 radical (unpaired) electrons. The van der Waals surface area contributed by atoms with Gasteiger partial charge in [-0.3, -0.25) is 9.36 Å². The van der Waals surface area contributed by atoms with Crippen LogP contribution in [0.5, 0.6) is 0 Å². The van der Waals surface area contributed by atoms with Crippen LogP contribution in [0.4, 0.5) is 0 Å². The first-order chi connectivity index (χ1) is 19.2. The molecule has 13 heteroatoms. The van der Waals surface area contributed by atoms with Crippen LogP contribution < -0.4 is 34.5 Å². The first-order valence-electron chi connectivity index (χ1n) is 14.3. The number of carbonyl (C=O) groups excluding carboxylic acids is 1. The Morgan fingerprint density at radius 1 is 1.24 bits per heavy atom. The molecule has 2 bridgehead atoms. The summed E-state index contributed by atoms with van der Waals surface area (Å²) in [6, 6.07) is 0. The van der Waals surface area contributed by atoms with Gasteiger partial charge in [-0.25, -0.2) is 4.98 Å². The van der Waals surface area contributed by atoms with E-state index < -0.39 is 43.9 Å². The van der Waals surface area contributed by atoms with Crippen molar-refractivity contribution in [2.24, 2.45) is 11.8 Å². The van der Waals surface area contributed by atoms with Gasteiger partial charge in [-0.05, 0) is 63.9 Å². The molecule has 2 N–H and O–H groups in total. The van der Waals surface area contributed by atoms with E-state index >= 15 is 0 Å². The van der Waals surface area contributed by atoms with E-state index in [0.717, 1.165) is 11.1 Å². The number of phosphoric acid groups is 1. The first-order valence-corrected chi connectivity index (χ1v) is 15.8. The summed E-state index contributed by atoms with van der Waals surface area (Å²) in [6.07, 6.45) is 3.68. The molecule has 3 rings (SSSR count). The molecule has 2 saturated heterocycles. The van der Waals surface area contributed by atoms with E-state index in [4.69, 9.17) is 23.2 Å². The van der Waals surface area contributed by atoms with Crippen LogP contribution in [0.2, 0.25) is 0 Å². The summed E-state index contributed by atoms with van der Waals surface area (Å²) in [4.78, 5) is 38.9. The van der Waals surface area contributed by atoms with Crippen molar-refractivity contribution >= 4 is 19.9 Å². The zero-order valence-electron chi connectivity index (χ0n) is 25.7. The summed E-state index contributed by atoms with van der Waals surface area (Å²) in [7, 11) is -3.43. The van der Waals surface area contributed by atoms with Crippen LogP contribution in [0.15, 0.2) is 28.4 Å². The maximum absolute atomic E-state index is 13.2. The summed E-state index contributed by atoms with van der Waals surface area (Å²) in [5.41, 5.74) is 2.28. The fraction of sp³-hybridized carbons (Fsp3) is 0.724. The average Bonchev–Trinajstić information content (AvgIpc) is 3.34. The third-order valence-electron chi connectivity index (χ3n) is 7.97. The number of aromatic nitrogens is 1. The molecule has 0 aliphatic carbocycles. The number of esters is 1. The van der Waals surface area contributed by atoms with E-state index in [2.05, 4.69) is 11.6 Å². The van der Waals surface area contributed by atoms with Gasteiger partial charge in [0.2, 0.25) is 5.89 Å². The predicted octanol–water partition coefficient (Wildman–Crippen LogP) is 1.64. The van der Waals surface area contributed by atoms with Crippen molar-refractivity contribution in [2.75, 3.05) is 7.11 Å². The summed E-state index contributed by atoms with van der Waals surface area (Å²) < 4.78 is 39.9. The van der Waals surface area contributed by atoms with Crippen molar-refractivity contribution in [2.45, 2.75) is 116 Å². The molecule has 2 fully saturated rings. The number of oxazole rings is 1. The Labute approximate surface area is 271 Å². The standard InChI is InChI=1S/C29H46NO10P.Na/c1-17-10-23-9-7-8-22(31)14-27(25-16-37-28(30-25)13-18(2)21(5)36-6)39-29(32)20(4)12-19(3)26(40-41(33,34)35)15-24(11-17)38-23;/h13,16,19-24,26-27,31H,1,7-12,14-15H2,2-6H3,(H2,33,34,35);/q;+1/p-1/b18-13-;/t19-,20-,21+,22-,23+,24+,26-,27-;/m0./s1. The molecule has 0 spiro atoms. The molecular weight excluding hydrogens is 576 g/mol. The molecule has 0 aromatic carbocycles. The normalized spacial score (nSPS) is 32.8. The molecule has 1 unspecified atom stereocenters. The SMILES string of the molecule is C=C1C[C@H]2CCC[C@H](O)C[C@@H](c3coc(/C=C(/C)[C@@H](C)OC)n3)OC(=O)[C@@H](C)C[C@H](C)[C@@H](OP(=O)([O-])O)C[C@@H](C1)O2.[Na+]. The number of carbonyl (C=O) groups is 1. The van der Waals surface area contributed by atoms with E-state index in [9.17, 15) is 24.3 Å². The van der Waals surface area contributed by atoms with Crippen LogP contribution in [0.1, 0.15) is 96.8 Å². The molecule has 1 aromatic rings. The van der Waals surface area contributed by atoms with Gasteiger partial charge in [-0.15, -0.1) is 0 Å². The minimum absolute atomic E-state index is 0.